The minimum absolute atomic E-state index is 0.00738. The van der Waals surface area contributed by atoms with Crippen molar-refractivity contribution in [1.29, 1.82) is 0 Å². The second kappa shape index (κ2) is 8.23. The van der Waals surface area contributed by atoms with Crippen molar-refractivity contribution in [2.75, 3.05) is 0 Å². The molecule has 1 aromatic carbocycles. The molecule has 2 saturated heterocycles. The highest BCUT2D eigenvalue weighted by Crippen LogP contribution is 2.42. The van der Waals surface area contributed by atoms with E-state index in [9.17, 15) is 14.4 Å². The van der Waals surface area contributed by atoms with Gasteiger partial charge in [0.25, 0.3) is 0 Å². The Bertz CT molecular complexity index is 956. The molecule has 3 aliphatic rings. The van der Waals surface area contributed by atoms with Crippen LogP contribution in [0.3, 0.4) is 0 Å². The average Bonchev–Trinajstić information content (AvgIpc) is 3.48. The molecule has 0 aromatic heterocycles. The summed E-state index contributed by atoms with van der Waals surface area (Å²) in [6, 6.07) is 6.95. The van der Waals surface area contributed by atoms with Gasteiger partial charge in [-0.05, 0) is 38.8 Å². The molecule has 8 nitrogen and oxygen atoms in total. The topological polar surface area (TPSA) is 97.4 Å². The molecule has 164 valence electrons. The molecule has 0 amide bonds. The first-order chi connectivity index (χ1) is 14.8. The summed E-state index contributed by atoms with van der Waals surface area (Å²) in [5, 5.41) is 0. The first-order valence-corrected chi connectivity index (χ1v) is 10.3. The zero-order chi connectivity index (χ0) is 22.2. The Morgan fingerprint density at radius 2 is 1.87 bits per heavy atom. The summed E-state index contributed by atoms with van der Waals surface area (Å²) < 4.78 is 27.5. The van der Waals surface area contributed by atoms with E-state index >= 15 is 0 Å². The van der Waals surface area contributed by atoms with Crippen LogP contribution in [-0.4, -0.2) is 48.3 Å². The third-order valence-electron chi connectivity index (χ3n) is 5.75. The van der Waals surface area contributed by atoms with Crippen molar-refractivity contribution in [3.63, 3.8) is 0 Å². The van der Waals surface area contributed by atoms with Gasteiger partial charge < -0.3 is 23.7 Å². The van der Waals surface area contributed by atoms with Crippen molar-refractivity contribution >= 4 is 18.1 Å². The number of hydrogen-bond donors (Lipinski definition) is 0. The van der Waals surface area contributed by atoms with Crippen LogP contribution in [0.5, 0.6) is 0 Å². The van der Waals surface area contributed by atoms with Crippen molar-refractivity contribution in [3.8, 4) is 11.8 Å². The molecule has 1 aliphatic carbocycles. The third kappa shape index (κ3) is 4.23. The van der Waals surface area contributed by atoms with Gasteiger partial charge in [0.15, 0.2) is 6.10 Å². The van der Waals surface area contributed by atoms with Crippen molar-refractivity contribution in [2.24, 2.45) is 5.92 Å². The summed E-state index contributed by atoms with van der Waals surface area (Å²) in [7, 11) is 0. The highest BCUT2D eigenvalue weighted by molar-refractivity contribution is 5.92. The second-order valence-electron chi connectivity index (χ2n) is 8.00. The fourth-order valence-electron chi connectivity index (χ4n) is 4.02. The van der Waals surface area contributed by atoms with Gasteiger partial charge in [-0.15, -0.1) is 0 Å². The van der Waals surface area contributed by atoms with Gasteiger partial charge in [-0.1, -0.05) is 24.0 Å². The molecule has 0 radical (unpaired) electrons. The van der Waals surface area contributed by atoms with Crippen LogP contribution in [-0.2, 0) is 28.5 Å². The van der Waals surface area contributed by atoms with E-state index in [-0.39, 0.29) is 6.42 Å². The van der Waals surface area contributed by atoms with Crippen LogP contribution in [0.4, 0.5) is 4.79 Å². The molecule has 8 heteroatoms. The predicted molar refractivity (Wildman–Crippen MR) is 106 cm³/mol. The van der Waals surface area contributed by atoms with Crippen LogP contribution in [0, 0.1) is 17.8 Å². The summed E-state index contributed by atoms with van der Waals surface area (Å²) in [6.07, 6.45) is -2.08. The van der Waals surface area contributed by atoms with Gasteiger partial charge in [0, 0.05) is 18.4 Å². The smallest absolute Gasteiger partial charge is 0.458 e. The van der Waals surface area contributed by atoms with Gasteiger partial charge in [0.2, 0.25) is 11.9 Å². The Morgan fingerprint density at radius 1 is 1.13 bits per heavy atom. The molecule has 1 aromatic rings. The molecule has 0 bridgehead atoms. The summed E-state index contributed by atoms with van der Waals surface area (Å²) in [5.74, 6) is 5.44. The number of rotatable bonds is 3. The van der Waals surface area contributed by atoms with Gasteiger partial charge in [0.1, 0.15) is 12.2 Å². The largest absolute Gasteiger partial charge is 0.509 e. The van der Waals surface area contributed by atoms with Gasteiger partial charge >= 0.3 is 18.1 Å². The van der Waals surface area contributed by atoms with Crippen molar-refractivity contribution in [2.45, 2.75) is 70.2 Å². The Hall–Kier alpha value is -3.05. The van der Waals surface area contributed by atoms with E-state index in [0.717, 1.165) is 12.8 Å². The minimum atomic E-state index is -1.32. The van der Waals surface area contributed by atoms with Crippen LogP contribution in [0.15, 0.2) is 24.3 Å². The first-order valence-electron chi connectivity index (χ1n) is 10.3. The lowest BCUT2D eigenvalue weighted by atomic mass is 9.82. The molecule has 4 rings (SSSR count). The number of benzene rings is 1. The van der Waals surface area contributed by atoms with E-state index in [1.165, 1.54) is 6.92 Å². The summed E-state index contributed by atoms with van der Waals surface area (Å²) in [5.41, 5.74) is -0.400. The molecule has 0 N–H and O–H groups in total. The highest BCUT2D eigenvalue weighted by Gasteiger charge is 2.64. The van der Waals surface area contributed by atoms with Gasteiger partial charge in [-0.25, -0.2) is 9.59 Å². The van der Waals surface area contributed by atoms with E-state index in [1.807, 2.05) is 6.07 Å². The first kappa shape index (κ1) is 21.2. The number of esters is 2. The maximum atomic E-state index is 12.9. The fraction of sp³-hybridized carbons (Fsp3) is 0.522. The molecular weight excluding hydrogens is 404 g/mol. The van der Waals surface area contributed by atoms with E-state index in [0.29, 0.717) is 17.0 Å². The van der Waals surface area contributed by atoms with Gasteiger partial charge in [-0.3, -0.25) is 4.79 Å². The van der Waals surface area contributed by atoms with Gasteiger partial charge in [-0.2, -0.15) is 0 Å². The maximum absolute atomic E-state index is 12.9. The number of cyclic esters (lactones) is 1. The van der Waals surface area contributed by atoms with Crippen molar-refractivity contribution in [3.05, 3.63) is 35.4 Å². The summed E-state index contributed by atoms with van der Waals surface area (Å²) in [4.78, 5) is 36.3. The van der Waals surface area contributed by atoms with Crippen LogP contribution in [0.1, 0.15) is 56.0 Å². The van der Waals surface area contributed by atoms with Crippen LogP contribution in [0.2, 0.25) is 0 Å². The molecule has 1 unspecified atom stereocenters. The lowest BCUT2D eigenvalue weighted by Crippen LogP contribution is -2.64. The maximum Gasteiger partial charge on any atom is 0.509 e. The molecule has 2 aliphatic heterocycles. The lowest BCUT2D eigenvalue weighted by molar-refractivity contribution is -0.270. The Labute approximate surface area is 180 Å². The quantitative estimate of drug-likeness (QED) is 0.412. The van der Waals surface area contributed by atoms with E-state index in [1.54, 1.807) is 32.0 Å². The van der Waals surface area contributed by atoms with Crippen molar-refractivity contribution < 1.29 is 38.1 Å². The standard InChI is InChI=1S/C23H24O8/c1-13-23(14(2)28-22(26)31-23)19(29-15(3)24)12-20(27-13)30-21(25)18-7-5-4-6-17(18)11-10-16-8-9-16/h4-7,13-14,16,19-20H,8-9,12H2,1-3H3/t13?,14-,19+,20-,23+/m1/s1. The summed E-state index contributed by atoms with van der Waals surface area (Å²) in [6.45, 7) is 4.55. The molecule has 5 atom stereocenters. The number of ether oxygens (including phenoxy) is 5. The normalized spacial score (nSPS) is 31.8. The Kier molecular flexibility index (Phi) is 5.63. The minimum Gasteiger partial charge on any atom is -0.458 e. The molecule has 3 fully saturated rings. The second-order valence-corrected chi connectivity index (χ2v) is 8.00. The van der Waals surface area contributed by atoms with E-state index in [4.69, 9.17) is 23.7 Å². The third-order valence-corrected chi connectivity index (χ3v) is 5.75. The van der Waals surface area contributed by atoms with E-state index < -0.39 is 48.3 Å². The molecule has 2 heterocycles. The zero-order valence-corrected chi connectivity index (χ0v) is 17.6. The number of hydrogen-bond acceptors (Lipinski definition) is 8. The highest BCUT2D eigenvalue weighted by atomic mass is 16.8. The lowest BCUT2D eigenvalue weighted by Gasteiger charge is -2.45. The molecule has 1 spiro atoms. The average molecular weight is 428 g/mol. The predicted octanol–water partition coefficient (Wildman–Crippen LogP) is 2.97. The van der Waals surface area contributed by atoms with Crippen molar-refractivity contribution in [1.82, 2.24) is 0 Å². The van der Waals surface area contributed by atoms with Crippen LogP contribution >= 0.6 is 0 Å². The molecular formula is C23H24O8. The fourth-order valence-corrected chi connectivity index (χ4v) is 4.02. The zero-order valence-electron chi connectivity index (χ0n) is 17.6. The molecule has 31 heavy (non-hydrogen) atoms. The number of carbonyl (C=O) groups excluding carboxylic acids is 3. The SMILES string of the molecule is CC(=O)O[C@H]1C[C@@H](OC(=O)c2ccccc2C#CC2CC2)OC(C)[C@@]12OC(=O)O[C@@H]2C. The van der Waals surface area contributed by atoms with Crippen LogP contribution < -0.4 is 0 Å². The Morgan fingerprint density at radius 3 is 2.52 bits per heavy atom. The number of carbonyl (C=O) groups is 3. The Balaban J connectivity index is 1.53. The monoisotopic (exact) mass is 428 g/mol. The van der Waals surface area contributed by atoms with E-state index in [2.05, 4.69) is 11.8 Å². The molecule has 1 saturated carbocycles. The van der Waals surface area contributed by atoms with Crippen LogP contribution in [0.25, 0.3) is 0 Å². The van der Waals surface area contributed by atoms with Gasteiger partial charge in [0.05, 0.1) is 12.0 Å². The summed E-state index contributed by atoms with van der Waals surface area (Å²) >= 11 is 0.